The predicted octanol–water partition coefficient (Wildman–Crippen LogP) is 3.89. The number of halogens is 1. The molecule has 0 bridgehead atoms. The highest BCUT2D eigenvalue weighted by Gasteiger charge is 2.38. The van der Waals surface area contributed by atoms with Crippen LogP contribution in [-0.4, -0.2) is 42.2 Å². The Balaban J connectivity index is 1.39. The molecule has 0 aromatic heterocycles. The number of carbonyl (C=O) groups excluding carboxylic acids is 1. The van der Waals surface area contributed by atoms with Gasteiger partial charge in [-0.3, -0.25) is 4.79 Å². The molecule has 2 fully saturated rings. The molecule has 0 spiro atoms. The van der Waals surface area contributed by atoms with Crippen LogP contribution in [0.15, 0.2) is 42.5 Å². The van der Waals surface area contributed by atoms with Crippen molar-refractivity contribution in [3.63, 3.8) is 0 Å². The summed E-state index contributed by atoms with van der Waals surface area (Å²) < 4.78 is 5.09. The Morgan fingerprint density at radius 3 is 2.37 bits per heavy atom. The van der Waals surface area contributed by atoms with E-state index in [1.807, 2.05) is 24.0 Å². The Hall–Kier alpha value is -1.88. The van der Waals surface area contributed by atoms with Gasteiger partial charge in [0, 0.05) is 23.7 Å². The van der Waals surface area contributed by atoms with E-state index in [0.29, 0.717) is 24.7 Å². The number of amides is 1. The van der Waals surface area contributed by atoms with Crippen LogP contribution in [0.25, 0.3) is 0 Å². The number of nitrogens with zero attached hydrogens (tertiary/aromatic N) is 1. The summed E-state index contributed by atoms with van der Waals surface area (Å²) in [4.78, 5) is 14.7. The van der Waals surface area contributed by atoms with Crippen LogP contribution in [0.3, 0.4) is 0 Å². The number of piperidine rings is 1. The lowest BCUT2D eigenvalue weighted by Crippen LogP contribution is -2.46. The first-order valence-corrected chi connectivity index (χ1v) is 9.80. The van der Waals surface area contributed by atoms with Gasteiger partial charge in [-0.15, -0.1) is 0 Å². The molecule has 1 N–H and O–H groups in total. The number of likely N-dealkylation sites (tertiary alicyclic amines) is 1. The average molecular weight is 386 g/mol. The third-order valence-electron chi connectivity index (χ3n) is 5.80. The molecule has 2 aromatic rings. The van der Waals surface area contributed by atoms with Gasteiger partial charge in [-0.1, -0.05) is 35.9 Å². The van der Waals surface area contributed by atoms with Crippen LogP contribution in [0.5, 0.6) is 0 Å². The number of benzene rings is 2. The summed E-state index contributed by atoms with van der Waals surface area (Å²) in [5, 5.41) is 11.1. The minimum absolute atomic E-state index is 0.0544. The monoisotopic (exact) mass is 385 g/mol. The molecule has 4 nitrogen and oxygen atoms in total. The molecular weight excluding hydrogens is 362 g/mol. The fraction of sp³-hybridized carbons (Fsp3) is 0.409. The summed E-state index contributed by atoms with van der Waals surface area (Å²) in [5.41, 5.74) is 2.93. The molecule has 2 aromatic carbocycles. The smallest absolute Gasteiger partial charge is 0.253 e. The van der Waals surface area contributed by atoms with Gasteiger partial charge in [0.05, 0.1) is 13.2 Å². The standard InChI is InChI=1S/C22H24ClNO3/c1-15-2-3-18(12-20(15)23)16-8-10-24(11-9-16)21(25)17-4-6-19(7-5-17)22(26)13-27-14-22/h2-7,12,16,26H,8-11,13-14H2,1H3. The van der Waals surface area contributed by atoms with E-state index in [0.717, 1.165) is 42.1 Å². The van der Waals surface area contributed by atoms with E-state index in [1.54, 1.807) is 12.1 Å². The number of aliphatic hydroxyl groups is 1. The van der Waals surface area contributed by atoms with Crippen LogP contribution in [-0.2, 0) is 10.3 Å². The van der Waals surface area contributed by atoms with Crippen molar-refractivity contribution in [2.45, 2.75) is 31.3 Å². The largest absolute Gasteiger partial charge is 0.380 e. The summed E-state index contributed by atoms with van der Waals surface area (Å²) in [7, 11) is 0. The maximum absolute atomic E-state index is 12.8. The van der Waals surface area contributed by atoms with Crippen molar-refractivity contribution in [2.75, 3.05) is 26.3 Å². The molecule has 0 radical (unpaired) electrons. The molecular formula is C22H24ClNO3. The molecule has 0 aliphatic carbocycles. The molecule has 2 heterocycles. The van der Waals surface area contributed by atoms with E-state index in [9.17, 15) is 9.90 Å². The van der Waals surface area contributed by atoms with Crippen molar-refractivity contribution in [3.05, 3.63) is 69.7 Å². The predicted molar refractivity (Wildman–Crippen MR) is 105 cm³/mol. The maximum atomic E-state index is 12.8. The Morgan fingerprint density at radius 2 is 1.81 bits per heavy atom. The second-order valence-corrected chi connectivity index (χ2v) is 8.08. The molecule has 2 saturated heterocycles. The number of hydrogen-bond donors (Lipinski definition) is 1. The first kappa shape index (κ1) is 18.5. The second-order valence-electron chi connectivity index (χ2n) is 7.68. The van der Waals surface area contributed by atoms with Gasteiger partial charge in [-0.2, -0.15) is 0 Å². The molecule has 0 unspecified atom stereocenters. The van der Waals surface area contributed by atoms with Gasteiger partial charge < -0.3 is 14.7 Å². The van der Waals surface area contributed by atoms with Crippen molar-refractivity contribution in [1.82, 2.24) is 4.90 Å². The highest BCUT2D eigenvalue weighted by atomic mass is 35.5. The zero-order valence-electron chi connectivity index (χ0n) is 15.5. The lowest BCUT2D eigenvalue weighted by molar-refractivity contribution is -0.184. The summed E-state index contributed by atoms with van der Waals surface area (Å²) in [6.07, 6.45) is 1.89. The summed E-state index contributed by atoms with van der Waals surface area (Å²) >= 11 is 6.26. The minimum Gasteiger partial charge on any atom is -0.380 e. The Morgan fingerprint density at radius 1 is 1.15 bits per heavy atom. The Kier molecular flexibility index (Phi) is 4.97. The van der Waals surface area contributed by atoms with Crippen molar-refractivity contribution in [1.29, 1.82) is 0 Å². The van der Waals surface area contributed by atoms with Crippen LogP contribution in [0.4, 0.5) is 0 Å². The van der Waals surface area contributed by atoms with E-state index in [4.69, 9.17) is 16.3 Å². The molecule has 5 heteroatoms. The van der Waals surface area contributed by atoms with E-state index >= 15 is 0 Å². The van der Waals surface area contributed by atoms with Gasteiger partial charge in [0.2, 0.25) is 0 Å². The molecule has 27 heavy (non-hydrogen) atoms. The van der Waals surface area contributed by atoms with Gasteiger partial charge in [0.25, 0.3) is 5.91 Å². The first-order valence-electron chi connectivity index (χ1n) is 9.42. The Bertz CT molecular complexity index is 837. The van der Waals surface area contributed by atoms with Crippen molar-refractivity contribution in [3.8, 4) is 0 Å². The lowest BCUT2D eigenvalue weighted by Gasteiger charge is -2.37. The third kappa shape index (κ3) is 3.62. The van der Waals surface area contributed by atoms with Crippen LogP contribution >= 0.6 is 11.6 Å². The maximum Gasteiger partial charge on any atom is 0.253 e. The number of rotatable bonds is 3. The van der Waals surface area contributed by atoms with Crippen molar-refractivity contribution in [2.24, 2.45) is 0 Å². The number of hydrogen-bond acceptors (Lipinski definition) is 3. The molecule has 1 amide bonds. The highest BCUT2D eigenvalue weighted by Crippen LogP contribution is 2.32. The van der Waals surface area contributed by atoms with Crippen molar-refractivity contribution < 1.29 is 14.6 Å². The molecule has 2 aliphatic rings. The fourth-order valence-electron chi connectivity index (χ4n) is 3.85. The quantitative estimate of drug-likeness (QED) is 0.872. The number of aryl methyl sites for hydroxylation is 1. The van der Waals surface area contributed by atoms with E-state index in [2.05, 4.69) is 18.2 Å². The fourth-order valence-corrected chi connectivity index (χ4v) is 4.04. The van der Waals surface area contributed by atoms with E-state index in [1.165, 1.54) is 5.56 Å². The third-order valence-corrected chi connectivity index (χ3v) is 6.21. The minimum atomic E-state index is -0.894. The van der Waals surface area contributed by atoms with E-state index < -0.39 is 5.60 Å². The molecule has 142 valence electrons. The highest BCUT2D eigenvalue weighted by molar-refractivity contribution is 6.31. The van der Waals surface area contributed by atoms with Gasteiger partial charge in [-0.25, -0.2) is 0 Å². The van der Waals surface area contributed by atoms with Gasteiger partial charge >= 0.3 is 0 Å². The lowest BCUT2D eigenvalue weighted by atomic mass is 9.88. The zero-order valence-corrected chi connectivity index (χ0v) is 16.2. The SMILES string of the molecule is Cc1ccc(C2CCN(C(=O)c3ccc(C4(O)COC4)cc3)CC2)cc1Cl. The van der Waals surface area contributed by atoms with Crippen LogP contribution < -0.4 is 0 Å². The van der Waals surface area contributed by atoms with Gasteiger partial charge in [-0.05, 0) is 60.6 Å². The van der Waals surface area contributed by atoms with Crippen molar-refractivity contribution >= 4 is 17.5 Å². The second kappa shape index (κ2) is 7.27. The molecule has 0 atom stereocenters. The first-order chi connectivity index (χ1) is 13.0. The normalized spacial score (nSPS) is 19.6. The van der Waals surface area contributed by atoms with Gasteiger partial charge in [0.1, 0.15) is 5.60 Å². The number of ether oxygens (including phenoxy) is 1. The average Bonchev–Trinajstić information content (AvgIpc) is 2.68. The van der Waals surface area contributed by atoms with E-state index in [-0.39, 0.29) is 5.91 Å². The molecule has 2 aliphatic heterocycles. The summed E-state index contributed by atoms with van der Waals surface area (Å²) in [6.45, 7) is 4.13. The summed E-state index contributed by atoms with van der Waals surface area (Å²) in [5.74, 6) is 0.501. The topological polar surface area (TPSA) is 49.8 Å². The summed E-state index contributed by atoms with van der Waals surface area (Å²) in [6, 6.07) is 13.6. The Labute approximate surface area is 164 Å². The molecule has 4 rings (SSSR count). The molecule has 0 saturated carbocycles. The van der Waals surface area contributed by atoms with Gasteiger partial charge in [0.15, 0.2) is 0 Å². The number of carbonyl (C=O) groups is 1. The van der Waals surface area contributed by atoms with Crippen LogP contribution in [0, 0.1) is 6.92 Å². The zero-order chi connectivity index (χ0) is 19.0. The van der Waals surface area contributed by atoms with Crippen LogP contribution in [0.1, 0.15) is 45.8 Å². The van der Waals surface area contributed by atoms with Crippen LogP contribution in [0.2, 0.25) is 5.02 Å².